The van der Waals surface area contributed by atoms with Crippen molar-refractivity contribution < 1.29 is 4.39 Å². The Hall–Kier alpha value is -2.63. The molecule has 0 saturated carbocycles. The van der Waals surface area contributed by atoms with Gasteiger partial charge in [-0.05, 0) is 42.8 Å². The van der Waals surface area contributed by atoms with E-state index in [0.29, 0.717) is 21.1 Å². The third-order valence-electron chi connectivity index (χ3n) is 4.46. The molecule has 6 heteroatoms. The van der Waals surface area contributed by atoms with Gasteiger partial charge in [0, 0.05) is 10.3 Å². The Kier molecular flexibility index (Phi) is 5.20. The Balaban J connectivity index is 1.92. The molecule has 0 N–H and O–H groups in total. The number of thioether (sulfide) groups is 1. The van der Waals surface area contributed by atoms with Crippen LogP contribution in [-0.4, -0.2) is 9.55 Å². The minimum atomic E-state index is -0.478. The molecule has 0 fully saturated rings. The lowest BCUT2D eigenvalue weighted by Gasteiger charge is -2.17. The lowest BCUT2D eigenvalue weighted by molar-refractivity contribution is 0.608. The van der Waals surface area contributed by atoms with Gasteiger partial charge < -0.3 is 0 Å². The number of hydrogen-bond acceptors (Lipinski definition) is 3. The predicted molar refractivity (Wildman–Crippen MR) is 113 cm³/mol. The molecule has 0 bridgehead atoms. The van der Waals surface area contributed by atoms with Crippen molar-refractivity contribution in [2.75, 3.05) is 0 Å². The number of rotatable bonds is 4. The first-order valence-electron chi connectivity index (χ1n) is 8.74. The summed E-state index contributed by atoms with van der Waals surface area (Å²) in [7, 11) is 0. The van der Waals surface area contributed by atoms with Crippen molar-refractivity contribution in [3.8, 4) is 5.69 Å². The summed E-state index contributed by atoms with van der Waals surface area (Å²) in [5.74, 6) is -0.478. The maximum absolute atomic E-state index is 14.5. The summed E-state index contributed by atoms with van der Waals surface area (Å²) in [4.78, 5) is 17.9. The SMILES string of the molecule is C[C@@H](Sc1nc2ccccc2c(=O)n1-c1ccccc1F)c1ccccc1Cl. The second-order valence-electron chi connectivity index (χ2n) is 6.29. The van der Waals surface area contributed by atoms with E-state index in [9.17, 15) is 9.18 Å². The van der Waals surface area contributed by atoms with Crippen molar-refractivity contribution in [1.82, 2.24) is 9.55 Å². The molecule has 3 aromatic carbocycles. The molecule has 4 aromatic rings. The maximum atomic E-state index is 14.5. The lowest BCUT2D eigenvalue weighted by atomic mass is 10.2. The number of benzene rings is 3. The third-order valence-corrected chi connectivity index (χ3v) is 5.90. The largest absolute Gasteiger partial charge is 0.268 e. The minimum absolute atomic E-state index is 0.0835. The fraction of sp³-hybridized carbons (Fsp3) is 0.0909. The van der Waals surface area contributed by atoms with Gasteiger partial charge in [0.05, 0.1) is 16.6 Å². The van der Waals surface area contributed by atoms with E-state index in [0.717, 1.165) is 5.56 Å². The van der Waals surface area contributed by atoms with E-state index in [-0.39, 0.29) is 16.5 Å². The summed E-state index contributed by atoms with van der Waals surface area (Å²) in [6.45, 7) is 1.99. The first-order valence-corrected chi connectivity index (χ1v) is 10.00. The normalized spacial score (nSPS) is 12.2. The molecular formula is C22H16ClFN2OS. The van der Waals surface area contributed by atoms with Gasteiger partial charge in [-0.25, -0.2) is 9.37 Å². The molecule has 0 aliphatic heterocycles. The molecule has 1 atom stereocenters. The Morgan fingerprint density at radius 3 is 2.46 bits per heavy atom. The smallest absolute Gasteiger partial charge is 0.266 e. The van der Waals surface area contributed by atoms with Crippen LogP contribution in [0, 0.1) is 5.82 Å². The van der Waals surface area contributed by atoms with Crippen LogP contribution in [-0.2, 0) is 0 Å². The fourth-order valence-corrected chi connectivity index (χ4v) is 4.51. The van der Waals surface area contributed by atoms with E-state index in [1.165, 1.54) is 22.4 Å². The molecule has 3 nitrogen and oxygen atoms in total. The number of halogens is 2. The van der Waals surface area contributed by atoms with Crippen molar-refractivity contribution in [3.05, 3.63) is 99.6 Å². The van der Waals surface area contributed by atoms with Crippen LogP contribution in [0.5, 0.6) is 0 Å². The van der Waals surface area contributed by atoms with Crippen LogP contribution in [0.15, 0.2) is 82.7 Å². The number of fused-ring (bicyclic) bond motifs is 1. The predicted octanol–water partition coefficient (Wildman–Crippen LogP) is 6.03. The number of para-hydroxylation sites is 2. The van der Waals surface area contributed by atoms with E-state index in [4.69, 9.17) is 11.6 Å². The topological polar surface area (TPSA) is 34.9 Å². The van der Waals surface area contributed by atoms with Gasteiger partial charge in [-0.2, -0.15) is 0 Å². The zero-order valence-electron chi connectivity index (χ0n) is 15.0. The quantitative estimate of drug-likeness (QED) is 0.304. The summed E-state index contributed by atoms with van der Waals surface area (Å²) in [6, 6.07) is 20.8. The summed E-state index contributed by atoms with van der Waals surface area (Å²) in [5, 5.41) is 1.42. The molecule has 0 aliphatic rings. The van der Waals surface area contributed by atoms with E-state index < -0.39 is 5.82 Å². The molecule has 28 heavy (non-hydrogen) atoms. The van der Waals surface area contributed by atoms with Crippen molar-refractivity contribution in [3.63, 3.8) is 0 Å². The first kappa shape index (κ1) is 18.7. The van der Waals surface area contributed by atoms with E-state index in [2.05, 4.69) is 4.98 Å². The third kappa shape index (κ3) is 3.43. The second kappa shape index (κ2) is 7.78. The van der Waals surface area contributed by atoms with Crippen LogP contribution in [0.4, 0.5) is 4.39 Å². The zero-order valence-corrected chi connectivity index (χ0v) is 16.5. The van der Waals surface area contributed by atoms with Crippen molar-refractivity contribution in [2.24, 2.45) is 0 Å². The first-order chi connectivity index (χ1) is 13.6. The summed E-state index contributed by atoms with van der Waals surface area (Å²) in [6.07, 6.45) is 0. The maximum Gasteiger partial charge on any atom is 0.266 e. The number of nitrogens with zero attached hydrogens (tertiary/aromatic N) is 2. The Bertz CT molecular complexity index is 1220. The monoisotopic (exact) mass is 410 g/mol. The number of aromatic nitrogens is 2. The van der Waals surface area contributed by atoms with Crippen LogP contribution < -0.4 is 5.56 Å². The highest BCUT2D eigenvalue weighted by Gasteiger charge is 2.19. The summed E-state index contributed by atoms with van der Waals surface area (Å²) >= 11 is 7.70. The molecule has 0 saturated heterocycles. The van der Waals surface area contributed by atoms with Crippen molar-refractivity contribution in [2.45, 2.75) is 17.3 Å². The van der Waals surface area contributed by atoms with Gasteiger partial charge >= 0.3 is 0 Å². The zero-order chi connectivity index (χ0) is 19.7. The summed E-state index contributed by atoms with van der Waals surface area (Å²) < 4.78 is 15.9. The molecule has 1 heterocycles. The molecule has 0 spiro atoms. The van der Waals surface area contributed by atoms with Crippen molar-refractivity contribution >= 4 is 34.3 Å². The Morgan fingerprint density at radius 2 is 1.68 bits per heavy atom. The molecule has 1 aromatic heterocycles. The van der Waals surface area contributed by atoms with Crippen LogP contribution in [0.25, 0.3) is 16.6 Å². The van der Waals surface area contributed by atoms with Crippen LogP contribution in [0.1, 0.15) is 17.7 Å². The second-order valence-corrected chi connectivity index (χ2v) is 8.00. The molecule has 140 valence electrons. The Morgan fingerprint density at radius 1 is 1.00 bits per heavy atom. The molecule has 0 unspecified atom stereocenters. The van der Waals surface area contributed by atoms with Crippen molar-refractivity contribution in [1.29, 1.82) is 0 Å². The highest BCUT2D eigenvalue weighted by molar-refractivity contribution is 7.99. The number of hydrogen-bond donors (Lipinski definition) is 0. The summed E-state index contributed by atoms with van der Waals surface area (Å²) in [5.41, 5.74) is 1.38. The van der Waals surface area contributed by atoms with Crippen LogP contribution in [0.3, 0.4) is 0 Å². The van der Waals surface area contributed by atoms with E-state index in [1.807, 2.05) is 37.3 Å². The van der Waals surface area contributed by atoms with E-state index in [1.54, 1.807) is 36.4 Å². The molecule has 0 amide bonds. The molecule has 4 rings (SSSR count). The van der Waals surface area contributed by atoms with Gasteiger partial charge in [0.15, 0.2) is 5.16 Å². The van der Waals surface area contributed by atoms with Gasteiger partial charge in [0.2, 0.25) is 0 Å². The van der Waals surface area contributed by atoms with Gasteiger partial charge in [0.25, 0.3) is 5.56 Å². The van der Waals surface area contributed by atoms with Gasteiger partial charge in [-0.3, -0.25) is 9.36 Å². The fourth-order valence-electron chi connectivity index (χ4n) is 3.06. The highest BCUT2D eigenvalue weighted by Crippen LogP contribution is 2.37. The van der Waals surface area contributed by atoms with Gasteiger partial charge in [-0.15, -0.1) is 0 Å². The Labute approximate surface area is 170 Å². The molecular weight excluding hydrogens is 395 g/mol. The van der Waals surface area contributed by atoms with Gasteiger partial charge in [-0.1, -0.05) is 65.8 Å². The van der Waals surface area contributed by atoms with Crippen LogP contribution in [0.2, 0.25) is 5.02 Å². The van der Waals surface area contributed by atoms with Gasteiger partial charge in [0.1, 0.15) is 5.82 Å². The molecule has 0 radical (unpaired) electrons. The standard InChI is InChI=1S/C22H16ClFN2OS/c1-14(15-8-2-4-10-17(15)23)28-22-25-19-12-6-3-9-16(19)21(27)26(22)20-13-7-5-11-18(20)24/h2-14H,1H3/t14-/m1/s1. The highest BCUT2D eigenvalue weighted by atomic mass is 35.5. The van der Waals surface area contributed by atoms with Crippen LogP contribution >= 0.6 is 23.4 Å². The molecule has 0 aliphatic carbocycles. The average Bonchev–Trinajstić information content (AvgIpc) is 2.69. The lowest BCUT2D eigenvalue weighted by Crippen LogP contribution is -2.22. The minimum Gasteiger partial charge on any atom is -0.268 e. The van der Waals surface area contributed by atoms with E-state index >= 15 is 0 Å². The average molecular weight is 411 g/mol.